The highest BCUT2D eigenvalue weighted by molar-refractivity contribution is 5.70. The fraction of sp³-hybridized carbons (Fsp3) is 0.632. The van der Waals surface area contributed by atoms with Crippen molar-refractivity contribution in [3.8, 4) is 5.75 Å². The van der Waals surface area contributed by atoms with Crippen LogP contribution in [0.15, 0.2) is 24.3 Å². The molecule has 130 valence electrons. The number of hydrogen-bond donors (Lipinski definition) is 0. The molecule has 0 fully saturated rings. The lowest BCUT2D eigenvalue weighted by Gasteiger charge is -2.26. The van der Waals surface area contributed by atoms with Crippen LogP contribution in [0.1, 0.15) is 45.6 Å². The summed E-state index contributed by atoms with van der Waals surface area (Å²) < 4.78 is 5.53. The first-order valence-corrected chi connectivity index (χ1v) is 8.64. The van der Waals surface area contributed by atoms with Crippen molar-refractivity contribution in [2.75, 3.05) is 33.7 Å². The second kappa shape index (κ2) is 9.56. The van der Waals surface area contributed by atoms with Gasteiger partial charge >= 0.3 is 6.09 Å². The zero-order valence-corrected chi connectivity index (χ0v) is 15.5. The Hall–Kier alpha value is -1.55. The Kier molecular flexibility index (Phi) is 8.10. The van der Waals surface area contributed by atoms with Crippen molar-refractivity contribution in [1.29, 1.82) is 0 Å². The third-order valence-electron chi connectivity index (χ3n) is 4.29. The molecule has 0 unspecified atom stereocenters. The van der Waals surface area contributed by atoms with Crippen LogP contribution in [0.2, 0.25) is 0 Å². The Labute approximate surface area is 141 Å². The molecule has 0 saturated heterocycles. The molecule has 1 aromatic rings. The first-order chi connectivity index (χ1) is 10.9. The van der Waals surface area contributed by atoms with Crippen LogP contribution in [0.25, 0.3) is 0 Å². The summed E-state index contributed by atoms with van der Waals surface area (Å²) in [5, 5.41) is 0. The van der Waals surface area contributed by atoms with Crippen molar-refractivity contribution in [2.45, 2.75) is 40.0 Å². The molecule has 0 radical (unpaired) electrons. The van der Waals surface area contributed by atoms with E-state index < -0.39 is 0 Å². The van der Waals surface area contributed by atoms with Gasteiger partial charge in [0.25, 0.3) is 0 Å². The maximum absolute atomic E-state index is 12.1. The van der Waals surface area contributed by atoms with Gasteiger partial charge in [-0.15, -0.1) is 0 Å². The summed E-state index contributed by atoms with van der Waals surface area (Å²) in [6, 6.07) is 7.98. The van der Waals surface area contributed by atoms with Gasteiger partial charge in [0.2, 0.25) is 0 Å². The van der Waals surface area contributed by atoms with Crippen LogP contribution in [0, 0.1) is 5.92 Å². The van der Waals surface area contributed by atoms with Crippen LogP contribution in [0.5, 0.6) is 5.75 Å². The lowest BCUT2D eigenvalue weighted by atomic mass is 9.85. The van der Waals surface area contributed by atoms with Crippen LogP contribution >= 0.6 is 0 Å². The molecule has 0 N–H and O–H groups in total. The first-order valence-electron chi connectivity index (χ1n) is 8.64. The Morgan fingerprint density at radius 3 is 2.35 bits per heavy atom. The van der Waals surface area contributed by atoms with Gasteiger partial charge in [0.15, 0.2) is 0 Å². The molecule has 4 nitrogen and oxygen atoms in total. The molecular formula is C19H32N2O2. The topological polar surface area (TPSA) is 32.8 Å². The number of rotatable bonds is 8. The van der Waals surface area contributed by atoms with Gasteiger partial charge in [-0.1, -0.05) is 26.0 Å². The van der Waals surface area contributed by atoms with E-state index in [2.05, 4.69) is 38.9 Å². The van der Waals surface area contributed by atoms with Gasteiger partial charge < -0.3 is 14.5 Å². The lowest BCUT2D eigenvalue weighted by Crippen LogP contribution is -2.33. The monoisotopic (exact) mass is 320 g/mol. The molecular weight excluding hydrogens is 288 g/mol. The van der Waals surface area contributed by atoms with E-state index in [1.807, 2.05) is 32.0 Å². The first kappa shape index (κ1) is 19.5. The Morgan fingerprint density at radius 1 is 1.17 bits per heavy atom. The van der Waals surface area contributed by atoms with Crippen LogP contribution in [0.3, 0.4) is 0 Å². The smallest absolute Gasteiger partial charge is 0.410 e. The Morgan fingerprint density at radius 2 is 1.83 bits per heavy atom. The van der Waals surface area contributed by atoms with Crippen molar-refractivity contribution in [3.63, 3.8) is 0 Å². The molecule has 1 aromatic carbocycles. The highest BCUT2D eigenvalue weighted by Gasteiger charge is 2.19. The third kappa shape index (κ3) is 5.87. The molecule has 1 rings (SSSR count). The number of nitrogens with zero attached hydrogens (tertiary/aromatic N) is 2. The van der Waals surface area contributed by atoms with E-state index in [1.54, 1.807) is 4.90 Å². The van der Waals surface area contributed by atoms with Crippen molar-refractivity contribution >= 4 is 6.09 Å². The highest BCUT2D eigenvalue weighted by atomic mass is 16.6. The van der Waals surface area contributed by atoms with E-state index in [9.17, 15) is 4.79 Å². The summed E-state index contributed by atoms with van der Waals surface area (Å²) in [4.78, 5) is 16.0. The lowest BCUT2D eigenvalue weighted by molar-refractivity contribution is 0.157. The van der Waals surface area contributed by atoms with Crippen LogP contribution < -0.4 is 4.74 Å². The van der Waals surface area contributed by atoms with Crippen molar-refractivity contribution < 1.29 is 9.53 Å². The highest BCUT2D eigenvalue weighted by Crippen LogP contribution is 2.30. The number of ether oxygens (including phenoxy) is 1. The fourth-order valence-electron chi connectivity index (χ4n) is 3.13. The molecule has 0 aliphatic heterocycles. The molecule has 1 amide bonds. The third-order valence-corrected chi connectivity index (χ3v) is 4.29. The van der Waals surface area contributed by atoms with Crippen molar-refractivity contribution in [3.05, 3.63) is 29.8 Å². The zero-order chi connectivity index (χ0) is 17.4. The minimum atomic E-state index is -0.276. The van der Waals surface area contributed by atoms with Crippen LogP contribution in [0.4, 0.5) is 4.79 Å². The van der Waals surface area contributed by atoms with Crippen LogP contribution in [-0.2, 0) is 0 Å². The van der Waals surface area contributed by atoms with E-state index in [1.165, 1.54) is 5.56 Å². The predicted molar refractivity (Wildman–Crippen MR) is 96.1 cm³/mol. The molecule has 0 heterocycles. The molecule has 0 spiro atoms. The quantitative estimate of drug-likeness (QED) is 0.719. The van der Waals surface area contributed by atoms with Crippen molar-refractivity contribution in [2.24, 2.45) is 5.92 Å². The second-order valence-electron chi connectivity index (χ2n) is 6.37. The summed E-state index contributed by atoms with van der Waals surface area (Å²) in [6.45, 7) is 10.8. The van der Waals surface area contributed by atoms with Gasteiger partial charge in [-0.2, -0.15) is 0 Å². The van der Waals surface area contributed by atoms with E-state index in [4.69, 9.17) is 4.74 Å². The van der Waals surface area contributed by atoms with E-state index in [-0.39, 0.29) is 6.09 Å². The number of carbonyl (C=O) groups is 1. The van der Waals surface area contributed by atoms with Gasteiger partial charge in [0.1, 0.15) is 5.75 Å². The predicted octanol–water partition coefficient (Wildman–Crippen LogP) is 4.22. The van der Waals surface area contributed by atoms with E-state index >= 15 is 0 Å². The summed E-state index contributed by atoms with van der Waals surface area (Å²) in [5.74, 6) is 1.64. The standard InChI is InChI=1S/C19H32N2O2/c1-7-18(15(4)14-20(5)6)16-11-10-12-17(13-16)23-19(22)21(8-2)9-3/h10-13,15,18H,7-9,14H2,1-6H3/t15-,18+/m0/s1. The Bertz CT molecular complexity index is 484. The van der Waals surface area contributed by atoms with Gasteiger partial charge in [-0.3, -0.25) is 0 Å². The van der Waals surface area contributed by atoms with E-state index in [0.29, 0.717) is 30.7 Å². The summed E-state index contributed by atoms with van der Waals surface area (Å²) in [7, 11) is 4.21. The minimum absolute atomic E-state index is 0.276. The fourth-order valence-corrected chi connectivity index (χ4v) is 3.13. The molecule has 0 bridgehead atoms. The number of benzene rings is 1. The maximum atomic E-state index is 12.1. The summed E-state index contributed by atoms with van der Waals surface area (Å²) in [5.41, 5.74) is 1.24. The molecule has 4 heteroatoms. The molecule has 0 aliphatic carbocycles. The number of amides is 1. The number of hydrogen-bond acceptors (Lipinski definition) is 3. The maximum Gasteiger partial charge on any atom is 0.415 e. The molecule has 0 saturated carbocycles. The van der Waals surface area contributed by atoms with Crippen LogP contribution in [-0.4, -0.2) is 49.6 Å². The minimum Gasteiger partial charge on any atom is -0.410 e. The number of carbonyl (C=O) groups excluding carboxylic acids is 1. The SMILES string of the molecule is CC[C@@H](c1cccc(OC(=O)N(CC)CC)c1)[C@@H](C)CN(C)C. The van der Waals surface area contributed by atoms with Gasteiger partial charge in [0.05, 0.1) is 0 Å². The van der Waals surface area contributed by atoms with E-state index in [0.717, 1.165) is 13.0 Å². The van der Waals surface area contributed by atoms with Crippen molar-refractivity contribution in [1.82, 2.24) is 9.80 Å². The second-order valence-corrected chi connectivity index (χ2v) is 6.37. The molecule has 23 heavy (non-hydrogen) atoms. The van der Waals surface area contributed by atoms with Gasteiger partial charge in [-0.25, -0.2) is 4.79 Å². The summed E-state index contributed by atoms with van der Waals surface area (Å²) in [6.07, 6.45) is 0.796. The average molecular weight is 320 g/mol. The summed E-state index contributed by atoms with van der Waals surface area (Å²) >= 11 is 0. The Balaban J connectivity index is 2.88. The molecule has 0 aliphatic rings. The van der Waals surface area contributed by atoms with Gasteiger partial charge in [-0.05, 0) is 63.9 Å². The molecule has 2 atom stereocenters. The molecule has 0 aromatic heterocycles. The average Bonchev–Trinajstić information content (AvgIpc) is 2.48. The normalized spacial score (nSPS) is 13.7. The zero-order valence-electron chi connectivity index (χ0n) is 15.5. The largest absolute Gasteiger partial charge is 0.415 e. The van der Waals surface area contributed by atoms with Gasteiger partial charge in [0, 0.05) is 19.6 Å².